The van der Waals surface area contributed by atoms with E-state index >= 15 is 0 Å². The molecular formula is C19H20FO9P. The number of halogens is 1. The Morgan fingerprint density at radius 2 is 1.67 bits per heavy atom. The molecule has 0 bridgehead atoms. The summed E-state index contributed by atoms with van der Waals surface area (Å²) in [6, 6.07) is 6.93. The van der Waals surface area contributed by atoms with E-state index in [1.807, 2.05) is 0 Å². The number of Topliss-reactive ketones (excluding diaryl/α,β-unsaturated/α-hetero) is 1. The Balaban J connectivity index is 1.80. The number of hydrogen-bond acceptors (Lipinski definition) is 7. The average Bonchev–Trinajstić information content (AvgIpc) is 3.51. The molecule has 162 valence electrons. The molecule has 1 saturated carbocycles. The third-order valence-electron chi connectivity index (χ3n) is 4.68. The molecule has 2 aromatic carbocycles. The third kappa shape index (κ3) is 4.73. The molecule has 9 nitrogen and oxygen atoms in total. The highest BCUT2D eigenvalue weighted by Gasteiger charge is 2.44. The van der Waals surface area contributed by atoms with Gasteiger partial charge in [0.2, 0.25) is 11.5 Å². The summed E-state index contributed by atoms with van der Waals surface area (Å²) in [6.07, 6.45) is 0.514. The van der Waals surface area contributed by atoms with E-state index < -0.39 is 19.4 Å². The number of ether oxygens (including phenoxy) is 3. The monoisotopic (exact) mass is 442 g/mol. The molecule has 0 amide bonds. The lowest BCUT2D eigenvalue weighted by molar-refractivity contribution is -0.125. The molecule has 11 heteroatoms. The van der Waals surface area contributed by atoms with Gasteiger partial charge in [0.1, 0.15) is 0 Å². The molecule has 0 aliphatic heterocycles. The molecule has 1 fully saturated rings. The Morgan fingerprint density at radius 3 is 2.20 bits per heavy atom. The zero-order chi connectivity index (χ0) is 22.1. The van der Waals surface area contributed by atoms with Crippen molar-refractivity contribution in [2.24, 2.45) is 5.92 Å². The first-order valence-corrected chi connectivity index (χ1v) is 10.3. The van der Waals surface area contributed by atoms with Crippen molar-refractivity contribution in [1.29, 1.82) is 0 Å². The second-order valence-electron chi connectivity index (χ2n) is 6.57. The summed E-state index contributed by atoms with van der Waals surface area (Å²) in [4.78, 5) is 34.8. The van der Waals surface area contributed by atoms with Crippen molar-refractivity contribution < 1.29 is 47.3 Å². The maximum Gasteiger partial charge on any atom is 0.505 e. The number of methoxy groups -OCH3 is 3. The predicted octanol–water partition coefficient (Wildman–Crippen LogP) is 3.24. The Hall–Kier alpha value is -2.65. The predicted molar refractivity (Wildman–Crippen MR) is 101 cm³/mol. The number of carbonyl (C=O) groups excluding carboxylic acids is 1. The minimum absolute atomic E-state index is 0.155. The van der Waals surface area contributed by atoms with Gasteiger partial charge in [-0.1, -0.05) is 10.7 Å². The van der Waals surface area contributed by atoms with Gasteiger partial charge >= 0.3 is 7.82 Å². The molecule has 0 heterocycles. The molecule has 0 aromatic heterocycles. The molecule has 0 radical (unpaired) electrons. The standard InChI is InChI=1S/C19H20FO9P/c1-25-16-7-11(8-17(26-2)19(16)27-3)18(21)13-9-12(13)10-4-5-14(20)15(6-10)28-29-30(22,23)24/h4-8,12-13H,9H2,1-3H3,(H2,22,23,24). The van der Waals surface area contributed by atoms with Crippen LogP contribution in [0.2, 0.25) is 0 Å². The highest BCUT2D eigenvalue weighted by Crippen LogP contribution is 2.51. The molecule has 30 heavy (non-hydrogen) atoms. The summed E-state index contributed by atoms with van der Waals surface area (Å²) in [5.41, 5.74) is 0.951. The normalized spacial score (nSPS) is 17.9. The fourth-order valence-corrected chi connectivity index (χ4v) is 3.37. The van der Waals surface area contributed by atoms with Crippen LogP contribution in [0.3, 0.4) is 0 Å². The summed E-state index contributed by atoms with van der Waals surface area (Å²) in [6.45, 7) is 0. The van der Waals surface area contributed by atoms with Gasteiger partial charge in [-0.05, 0) is 42.2 Å². The van der Waals surface area contributed by atoms with E-state index in [0.29, 0.717) is 34.8 Å². The fourth-order valence-electron chi connectivity index (χ4n) is 3.19. The van der Waals surface area contributed by atoms with Gasteiger partial charge < -0.3 is 28.9 Å². The van der Waals surface area contributed by atoms with Gasteiger partial charge in [-0.2, -0.15) is 0 Å². The summed E-state index contributed by atoms with van der Waals surface area (Å²) < 4.78 is 44.3. The lowest BCUT2D eigenvalue weighted by Crippen LogP contribution is -2.06. The van der Waals surface area contributed by atoms with E-state index in [2.05, 4.69) is 9.56 Å². The minimum Gasteiger partial charge on any atom is -0.493 e. The van der Waals surface area contributed by atoms with Crippen LogP contribution in [-0.4, -0.2) is 36.9 Å². The molecule has 2 aromatic rings. The molecule has 2 N–H and O–H groups in total. The van der Waals surface area contributed by atoms with Crippen LogP contribution in [0, 0.1) is 11.7 Å². The van der Waals surface area contributed by atoms with Gasteiger partial charge in [0.25, 0.3) is 0 Å². The Bertz CT molecular complexity index is 978. The van der Waals surface area contributed by atoms with Crippen LogP contribution in [0.4, 0.5) is 4.39 Å². The smallest absolute Gasteiger partial charge is 0.493 e. The molecule has 0 spiro atoms. The van der Waals surface area contributed by atoms with Crippen molar-refractivity contribution in [3.05, 3.63) is 47.3 Å². The van der Waals surface area contributed by atoms with E-state index in [4.69, 9.17) is 24.0 Å². The highest BCUT2D eigenvalue weighted by atomic mass is 31.2. The highest BCUT2D eigenvalue weighted by molar-refractivity contribution is 7.46. The number of carbonyl (C=O) groups is 1. The maximum atomic E-state index is 13.8. The fraction of sp³-hybridized carbons (Fsp3) is 0.316. The van der Waals surface area contributed by atoms with Crippen LogP contribution in [0.25, 0.3) is 0 Å². The Labute approximate surface area is 171 Å². The van der Waals surface area contributed by atoms with Crippen molar-refractivity contribution in [2.75, 3.05) is 21.3 Å². The zero-order valence-corrected chi connectivity index (χ0v) is 17.2. The molecule has 1 aliphatic carbocycles. The lowest BCUT2D eigenvalue weighted by Gasteiger charge is -2.13. The Kier molecular flexibility index (Phi) is 6.33. The van der Waals surface area contributed by atoms with Crippen LogP contribution in [-0.2, 0) is 9.24 Å². The topological polar surface area (TPSA) is 121 Å². The average molecular weight is 442 g/mol. The van der Waals surface area contributed by atoms with Crippen LogP contribution < -0.4 is 19.1 Å². The van der Waals surface area contributed by atoms with E-state index in [1.54, 1.807) is 12.1 Å². The van der Waals surface area contributed by atoms with Crippen LogP contribution in [0.15, 0.2) is 30.3 Å². The summed E-state index contributed by atoms with van der Waals surface area (Å²) in [5, 5.41) is 0. The van der Waals surface area contributed by atoms with Crippen molar-refractivity contribution in [1.82, 2.24) is 0 Å². The summed E-state index contributed by atoms with van der Waals surface area (Å²) in [5.74, 6) is -1.01. The molecule has 0 saturated heterocycles. The van der Waals surface area contributed by atoms with E-state index in [1.165, 1.54) is 33.5 Å². The van der Waals surface area contributed by atoms with E-state index in [-0.39, 0.29) is 17.6 Å². The molecule has 1 aliphatic rings. The molecular weight excluding hydrogens is 422 g/mol. The van der Waals surface area contributed by atoms with Crippen LogP contribution >= 0.6 is 7.82 Å². The third-order valence-corrected chi connectivity index (χ3v) is 4.95. The number of hydrogen-bond donors (Lipinski definition) is 2. The van der Waals surface area contributed by atoms with E-state index in [9.17, 15) is 13.8 Å². The number of ketones is 1. The first kappa shape index (κ1) is 22.0. The van der Waals surface area contributed by atoms with Gasteiger partial charge in [0.05, 0.1) is 21.3 Å². The minimum atomic E-state index is -4.94. The van der Waals surface area contributed by atoms with Crippen molar-refractivity contribution in [2.45, 2.75) is 12.3 Å². The zero-order valence-electron chi connectivity index (χ0n) is 16.3. The number of rotatable bonds is 9. The SMILES string of the molecule is COc1cc(C(=O)C2CC2c2ccc(F)c(OOP(=O)(O)O)c2)cc(OC)c1OC. The van der Waals surface area contributed by atoms with Crippen molar-refractivity contribution in [3.63, 3.8) is 0 Å². The first-order chi connectivity index (χ1) is 14.2. The quantitative estimate of drug-likeness (QED) is 0.261. The van der Waals surface area contributed by atoms with E-state index in [0.717, 1.165) is 6.07 Å². The lowest BCUT2D eigenvalue weighted by atomic mass is 10.0. The molecule has 3 rings (SSSR count). The second-order valence-corrected chi connectivity index (χ2v) is 7.70. The second kappa shape index (κ2) is 8.61. The molecule has 2 unspecified atom stereocenters. The summed E-state index contributed by atoms with van der Waals surface area (Å²) in [7, 11) is -0.581. The van der Waals surface area contributed by atoms with Crippen molar-refractivity contribution >= 4 is 13.6 Å². The van der Waals surface area contributed by atoms with Crippen molar-refractivity contribution in [3.8, 4) is 23.0 Å². The molecule has 2 atom stereocenters. The van der Waals surface area contributed by atoms with Gasteiger partial charge in [0, 0.05) is 11.5 Å². The van der Waals surface area contributed by atoms with Gasteiger partial charge in [-0.15, -0.1) is 0 Å². The van der Waals surface area contributed by atoms with Gasteiger partial charge in [0.15, 0.2) is 23.1 Å². The van der Waals surface area contributed by atoms with Crippen LogP contribution in [0.1, 0.15) is 28.3 Å². The summed E-state index contributed by atoms with van der Waals surface area (Å²) >= 11 is 0. The first-order valence-electron chi connectivity index (χ1n) is 8.74. The number of phosphoric acid groups is 1. The maximum absolute atomic E-state index is 13.8. The number of benzene rings is 2. The van der Waals surface area contributed by atoms with Gasteiger partial charge in [-0.25, -0.2) is 8.96 Å². The Morgan fingerprint density at radius 1 is 1.03 bits per heavy atom. The van der Waals surface area contributed by atoms with Gasteiger partial charge in [-0.3, -0.25) is 4.79 Å². The largest absolute Gasteiger partial charge is 0.505 e. The van der Waals surface area contributed by atoms with Crippen LogP contribution in [0.5, 0.6) is 23.0 Å².